The van der Waals surface area contributed by atoms with Crippen LogP contribution >= 0.6 is 0 Å². The Kier molecular flexibility index (Phi) is 1.58. The van der Waals surface area contributed by atoms with Crippen molar-refractivity contribution in [2.45, 2.75) is 25.0 Å². The maximum Gasteiger partial charge on any atom is 0.285 e. The number of rotatable bonds is 0. The van der Waals surface area contributed by atoms with E-state index < -0.39 is 17.4 Å². The first-order valence-electron chi connectivity index (χ1n) is 3.06. The van der Waals surface area contributed by atoms with Crippen LogP contribution in [-0.2, 0) is 9.59 Å². The standard InChI is InChI=1S/C6H8O4/c7-4-2-1-3-5(8)6(4,9)10/h9-10H,1-3H2. The van der Waals surface area contributed by atoms with Crippen LogP contribution in [0.4, 0.5) is 0 Å². The molecule has 0 amide bonds. The average molecular weight is 144 g/mol. The highest BCUT2D eigenvalue weighted by molar-refractivity contribution is 6.09. The molecule has 1 aliphatic rings. The van der Waals surface area contributed by atoms with E-state index in [1.54, 1.807) is 0 Å². The molecule has 0 aliphatic heterocycles. The third-order valence-corrected chi connectivity index (χ3v) is 1.59. The van der Waals surface area contributed by atoms with Crippen molar-refractivity contribution in [3.05, 3.63) is 0 Å². The molecule has 0 heterocycles. The number of Topliss-reactive ketones (excluding diaryl/α,β-unsaturated/α-hetero) is 2. The lowest BCUT2D eigenvalue weighted by molar-refractivity contribution is -0.192. The lowest BCUT2D eigenvalue weighted by Gasteiger charge is -2.22. The van der Waals surface area contributed by atoms with Crippen molar-refractivity contribution in [2.75, 3.05) is 0 Å². The van der Waals surface area contributed by atoms with Gasteiger partial charge in [0.1, 0.15) is 0 Å². The molecule has 4 nitrogen and oxygen atoms in total. The van der Waals surface area contributed by atoms with E-state index in [-0.39, 0.29) is 12.8 Å². The predicted octanol–water partition coefficient (Wildman–Crippen LogP) is -1.01. The van der Waals surface area contributed by atoms with Crippen LogP contribution in [0.2, 0.25) is 0 Å². The molecule has 0 unspecified atom stereocenters. The summed E-state index contributed by atoms with van der Waals surface area (Å²) in [6, 6.07) is 0. The van der Waals surface area contributed by atoms with Crippen molar-refractivity contribution in [1.29, 1.82) is 0 Å². The van der Waals surface area contributed by atoms with Crippen molar-refractivity contribution >= 4 is 11.6 Å². The number of hydrogen-bond acceptors (Lipinski definition) is 4. The van der Waals surface area contributed by atoms with Crippen LogP contribution in [0.5, 0.6) is 0 Å². The fourth-order valence-corrected chi connectivity index (χ4v) is 0.914. The summed E-state index contributed by atoms with van der Waals surface area (Å²) in [7, 11) is 0. The Hall–Kier alpha value is -0.740. The first-order valence-corrected chi connectivity index (χ1v) is 3.06. The van der Waals surface area contributed by atoms with E-state index in [0.29, 0.717) is 6.42 Å². The molecule has 0 aromatic carbocycles. The molecule has 56 valence electrons. The van der Waals surface area contributed by atoms with E-state index in [1.807, 2.05) is 0 Å². The van der Waals surface area contributed by atoms with Crippen LogP contribution in [0, 0.1) is 0 Å². The largest absolute Gasteiger partial charge is 0.354 e. The molecule has 1 rings (SSSR count). The molecule has 0 bridgehead atoms. The van der Waals surface area contributed by atoms with Crippen molar-refractivity contribution in [1.82, 2.24) is 0 Å². The Labute approximate surface area is 57.5 Å². The Morgan fingerprint density at radius 1 is 1.10 bits per heavy atom. The maximum atomic E-state index is 10.6. The van der Waals surface area contributed by atoms with Gasteiger partial charge in [0.2, 0.25) is 0 Å². The van der Waals surface area contributed by atoms with E-state index in [9.17, 15) is 9.59 Å². The number of aliphatic hydroxyl groups is 2. The minimum absolute atomic E-state index is 0.0821. The van der Waals surface area contributed by atoms with Gasteiger partial charge in [-0.2, -0.15) is 0 Å². The van der Waals surface area contributed by atoms with Gasteiger partial charge in [0.25, 0.3) is 5.79 Å². The zero-order chi connectivity index (χ0) is 7.78. The molecule has 0 saturated heterocycles. The van der Waals surface area contributed by atoms with Gasteiger partial charge in [0, 0.05) is 12.8 Å². The maximum absolute atomic E-state index is 10.6. The highest BCUT2D eigenvalue weighted by Crippen LogP contribution is 2.18. The van der Waals surface area contributed by atoms with Crippen LogP contribution in [0.3, 0.4) is 0 Å². The lowest BCUT2D eigenvalue weighted by atomic mass is 9.92. The predicted molar refractivity (Wildman–Crippen MR) is 31.0 cm³/mol. The van der Waals surface area contributed by atoms with E-state index in [4.69, 9.17) is 10.2 Å². The molecule has 1 fully saturated rings. The third-order valence-electron chi connectivity index (χ3n) is 1.59. The summed E-state index contributed by atoms with van der Waals surface area (Å²) in [4.78, 5) is 21.2. The van der Waals surface area contributed by atoms with Crippen LogP contribution in [0.15, 0.2) is 0 Å². The summed E-state index contributed by atoms with van der Waals surface area (Å²) in [6.45, 7) is 0. The molecule has 0 atom stereocenters. The Morgan fingerprint density at radius 2 is 1.50 bits per heavy atom. The minimum atomic E-state index is -2.68. The smallest absolute Gasteiger partial charge is 0.285 e. The van der Waals surface area contributed by atoms with E-state index in [0.717, 1.165) is 0 Å². The van der Waals surface area contributed by atoms with Gasteiger partial charge in [-0.15, -0.1) is 0 Å². The molecule has 0 radical (unpaired) electrons. The Bertz CT molecular complexity index is 164. The SMILES string of the molecule is O=C1CCCC(=O)C1(O)O. The molecule has 1 aliphatic carbocycles. The minimum Gasteiger partial charge on any atom is -0.354 e. The van der Waals surface area contributed by atoms with Gasteiger partial charge in [-0.3, -0.25) is 9.59 Å². The second kappa shape index (κ2) is 2.14. The second-order valence-corrected chi connectivity index (χ2v) is 2.37. The summed E-state index contributed by atoms with van der Waals surface area (Å²) in [5.41, 5.74) is 0. The van der Waals surface area contributed by atoms with Gasteiger partial charge in [0.05, 0.1) is 0 Å². The van der Waals surface area contributed by atoms with E-state index in [2.05, 4.69) is 0 Å². The number of ketones is 2. The van der Waals surface area contributed by atoms with Crippen LogP contribution in [0.25, 0.3) is 0 Å². The average Bonchev–Trinajstić information content (AvgIpc) is 1.84. The number of carbonyl (C=O) groups excluding carboxylic acids is 2. The molecular formula is C6H8O4. The Morgan fingerprint density at radius 3 is 1.80 bits per heavy atom. The zero-order valence-corrected chi connectivity index (χ0v) is 5.33. The van der Waals surface area contributed by atoms with Crippen LogP contribution < -0.4 is 0 Å². The first kappa shape index (κ1) is 7.37. The van der Waals surface area contributed by atoms with E-state index in [1.165, 1.54) is 0 Å². The summed E-state index contributed by atoms with van der Waals surface area (Å²) >= 11 is 0. The van der Waals surface area contributed by atoms with Crippen LogP contribution in [-0.4, -0.2) is 27.6 Å². The van der Waals surface area contributed by atoms with Gasteiger partial charge >= 0.3 is 0 Å². The second-order valence-electron chi connectivity index (χ2n) is 2.37. The number of carbonyl (C=O) groups is 2. The topological polar surface area (TPSA) is 74.6 Å². The number of hydrogen-bond donors (Lipinski definition) is 2. The van der Waals surface area contributed by atoms with Gasteiger partial charge in [-0.05, 0) is 6.42 Å². The summed E-state index contributed by atoms with van der Waals surface area (Å²) < 4.78 is 0. The molecule has 0 aromatic rings. The van der Waals surface area contributed by atoms with Crippen molar-refractivity contribution in [3.63, 3.8) is 0 Å². The fraction of sp³-hybridized carbons (Fsp3) is 0.667. The van der Waals surface area contributed by atoms with Gasteiger partial charge in [0.15, 0.2) is 11.6 Å². The first-order chi connectivity index (χ1) is 4.55. The molecule has 0 aromatic heterocycles. The fourth-order valence-electron chi connectivity index (χ4n) is 0.914. The molecular weight excluding hydrogens is 136 g/mol. The molecule has 1 saturated carbocycles. The highest BCUT2D eigenvalue weighted by atomic mass is 16.5. The third kappa shape index (κ3) is 0.955. The molecule has 4 heteroatoms. The Balaban J connectivity index is 2.83. The normalized spacial score (nSPS) is 25.0. The molecule has 10 heavy (non-hydrogen) atoms. The summed E-state index contributed by atoms with van der Waals surface area (Å²) in [5, 5.41) is 17.5. The van der Waals surface area contributed by atoms with Gasteiger partial charge < -0.3 is 10.2 Å². The van der Waals surface area contributed by atoms with Crippen molar-refractivity contribution in [2.24, 2.45) is 0 Å². The quantitative estimate of drug-likeness (QED) is 0.337. The molecule has 2 N–H and O–H groups in total. The van der Waals surface area contributed by atoms with Crippen LogP contribution in [0.1, 0.15) is 19.3 Å². The zero-order valence-electron chi connectivity index (χ0n) is 5.33. The lowest BCUT2D eigenvalue weighted by Crippen LogP contribution is -2.48. The molecule has 0 spiro atoms. The highest BCUT2D eigenvalue weighted by Gasteiger charge is 2.43. The van der Waals surface area contributed by atoms with Crippen molar-refractivity contribution in [3.8, 4) is 0 Å². The van der Waals surface area contributed by atoms with E-state index >= 15 is 0 Å². The summed E-state index contributed by atoms with van der Waals surface area (Å²) in [6.07, 6.45) is 0.595. The van der Waals surface area contributed by atoms with Gasteiger partial charge in [-0.1, -0.05) is 0 Å². The van der Waals surface area contributed by atoms with Gasteiger partial charge in [-0.25, -0.2) is 0 Å². The van der Waals surface area contributed by atoms with Crippen molar-refractivity contribution < 1.29 is 19.8 Å². The summed E-state index contributed by atoms with van der Waals surface area (Å²) in [5.74, 6) is -4.26. The monoisotopic (exact) mass is 144 g/mol.